The Labute approximate surface area is 199 Å². The van der Waals surface area contributed by atoms with Crippen molar-refractivity contribution in [2.24, 2.45) is 23.7 Å². The Morgan fingerprint density at radius 1 is 1.03 bits per heavy atom. The summed E-state index contributed by atoms with van der Waals surface area (Å²) in [5, 5.41) is 2.58. The smallest absolute Gasteiger partial charge is 0.245 e. The monoisotopic (exact) mass is 490 g/mol. The van der Waals surface area contributed by atoms with E-state index in [4.69, 9.17) is 11.6 Å². The molecule has 1 amide bonds. The van der Waals surface area contributed by atoms with Gasteiger partial charge < -0.3 is 5.32 Å². The van der Waals surface area contributed by atoms with Gasteiger partial charge in [-0.1, -0.05) is 23.7 Å². The van der Waals surface area contributed by atoms with Crippen LogP contribution >= 0.6 is 11.6 Å². The molecule has 33 heavy (non-hydrogen) atoms. The summed E-state index contributed by atoms with van der Waals surface area (Å²) < 4.78 is 38.9. The fourth-order valence-corrected chi connectivity index (χ4v) is 7.65. The van der Waals surface area contributed by atoms with Gasteiger partial charge in [-0.15, -0.1) is 0 Å². The number of nitrogens with one attached hydrogen (secondary N) is 1. The van der Waals surface area contributed by atoms with Crippen LogP contribution in [0.1, 0.15) is 43.6 Å². The number of hydrogen-bond donors (Lipinski definition) is 1. The Balaban J connectivity index is 1.27. The summed E-state index contributed by atoms with van der Waals surface area (Å²) in [5.41, 5.74) is 2.11. The molecule has 2 aromatic carbocycles. The summed E-state index contributed by atoms with van der Waals surface area (Å²) in [7, 11) is -3.77. The van der Waals surface area contributed by atoms with Crippen molar-refractivity contribution in [2.75, 3.05) is 22.4 Å². The highest BCUT2D eigenvalue weighted by molar-refractivity contribution is 7.92. The average molecular weight is 491 g/mol. The van der Waals surface area contributed by atoms with E-state index in [-0.39, 0.29) is 10.7 Å². The number of anilines is 2. The predicted molar refractivity (Wildman–Crippen MR) is 128 cm³/mol. The summed E-state index contributed by atoms with van der Waals surface area (Å²) in [6, 6.07) is 11.6. The van der Waals surface area contributed by atoms with Gasteiger partial charge in [-0.3, -0.25) is 9.10 Å². The third-order valence-electron chi connectivity index (χ3n) is 7.68. The molecule has 1 N–H and O–H groups in total. The topological polar surface area (TPSA) is 66.5 Å². The zero-order valence-electron chi connectivity index (χ0n) is 18.5. The van der Waals surface area contributed by atoms with E-state index in [1.165, 1.54) is 49.8 Å². The molecule has 0 unspecified atom stereocenters. The summed E-state index contributed by atoms with van der Waals surface area (Å²) in [5.74, 6) is 2.90. The van der Waals surface area contributed by atoms with Crippen LogP contribution in [0.2, 0.25) is 5.02 Å². The number of carbonyl (C=O) groups is 1. The van der Waals surface area contributed by atoms with Gasteiger partial charge in [0.15, 0.2) is 0 Å². The first-order valence-electron chi connectivity index (χ1n) is 11.5. The molecule has 0 radical (unpaired) electrons. The fraction of sp³-hybridized carbons (Fsp3) is 0.480. The van der Waals surface area contributed by atoms with Gasteiger partial charge in [0.1, 0.15) is 12.4 Å². The second kappa shape index (κ2) is 8.58. The van der Waals surface area contributed by atoms with Crippen molar-refractivity contribution in [1.29, 1.82) is 0 Å². The Kier molecular flexibility index (Phi) is 5.90. The number of halogens is 2. The molecule has 0 spiro atoms. The SMILES string of the molecule is CS(=O)(=O)N(CC(=O)Nc1ccc(C2C3CC4CC(C3)CC2C4)cc1)c1ccc(F)c(Cl)c1. The van der Waals surface area contributed by atoms with Gasteiger partial charge >= 0.3 is 0 Å². The zero-order valence-corrected chi connectivity index (χ0v) is 20.1. The maximum Gasteiger partial charge on any atom is 0.245 e. The van der Waals surface area contributed by atoms with E-state index < -0.39 is 28.3 Å². The van der Waals surface area contributed by atoms with E-state index in [1.54, 1.807) is 0 Å². The maximum absolute atomic E-state index is 13.5. The third-order valence-corrected chi connectivity index (χ3v) is 9.12. The van der Waals surface area contributed by atoms with Crippen molar-refractivity contribution in [3.8, 4) is 0 Å². The molecule has 2 aromatic rings. The summed E-state index contributed by atoms with van der Waals surface area (Å²) in [6.45, 7) is -0.432. The minimum atomic E-state index is -3.77. The normalized spacial score (nSPS) is 28.0. The molecule has 0 aliphatic heterocycles. The van der Waals surface area contributed by atoms with Gasteiger partial charge in [-0.05, 0) is 97.6 Å². The van der Waals surface area contributed by atoms with Crippen LogP contribution in [0, 0.1) is 29.5 Å². The van der Waals surface area contributed by atoms with Gasteiger partial charge in [0, 0.05) is 5.69 Å². The lowest BCUT2D eigenvalue weighted by Crippen LogP contribution is -2.43. The lowest BCUT2D eigenvalue weighted by molar-refractivity contribution is -0.114. The standard InChI is InChI=1S/C25H28ClFN2O3S/c1-33(31,32)29(21-6-7-23(27)22(26)13-21)14-24(30)28-20-4-2-17(3-5-20)25-18-9-15-8-16(11-18)12-19(25)10-15/h2-7,13,15-16,18-19,25H,8-12,14H2,1H3,(H,28,30). The van der Waals surface area contributed by atoms with E-state index in [0.717, 1.165) is 40.3 Å². The largest absolute Gasteiger partial charge is 0.325 e. The van der Waals surface area contributed by atoms with Crippen molar-refractivity contribution in [1.82, 2.24) is 0 Å². The van der Waals surface area contributed by atoms with Gasteiger partial charge in [0.25, 0.3) is 0 Å². The molecule has 176 valence electrons. The summed E-state index contributed by atoms with van der Waals surface area (Å²) >= 11 is 5.80. The highest BCUT2D eigenvalue weighted by Crippen LogP contribution is 2.59. The van der Waals surface area contributed by atoms with Gasteiger partial charge in [0.2, 0.25) is 15.9 Å². The molecular weight excluding hydrogens is 463 g/mol. The van der Waals surface area contributed by atoms with E-state index in [9.17, 15) is 17.6 Å². The van der Waals surface area contributed by atoms with Crippen LogP contribution in [0.25, 0.3) is 0 Å². The molecule has 4 aliphatic carbocycles. The first-order chi connectivity index (χ1) is 15.7. The minimum Gasteiger partial charge on any atom is -0.325 e. The van der Waals surface area contributed by atoms with Crippen molar-refractivity contribution in [2.45, 2.75) is 38.0 Å². The molecule has 8 heteroatoms. The highest BCUT2D eigenvalue weighted by atomic mass is 35.5. The molecular formula is C25H28ClFN2O3S. The maximum atomic E-state index is 13.5. The van der Waals surface area contributed by atoms with E-state index in [2.05, 4.69) is 17.4 Å². The van der Waals surface area contributed by atoms with E-state index >= 15 is 0 Å². The Hall–Kier alpha value is -2.12. The summed E-state index contributed by atoms with van der Waals surface area (Å²) in [6.07, 6.45) is 7.84. The molecule has 6 rings (SSSR count). The molecule has 5 nitrogen and oxygen atoms in total. The van der Waals surface area contributed by atoms with Gasteiger partial charge in [-0.2, -0.15) is 0 Å². The third kappa shape index (κ3) is 4.62. The minimum absolute atomic E-state index is 0.135. The van der Waals surface area contributed by atoms with Crippen LogP contribution in [-0.2, 0) is 14.8 Å². The number of rotatable bonds is 6. The van der Waals surface area contributed by atoms with E-state index in [0.29, 0.717) is 11.6 Å². The van der Waals surface area contributed by atoms with Crippen LogP contribution < -0.4 is 9.62 Å². The molecule has 0 aromatic heterocycles. The number of carbonyl (C=O) groups excluding carboxylic acids is 1. The summed E-state index contributed by atoms with van der Waals surface area (Å²) in [4.78, 5) is 12.7. The number of nitrogens with zero attached hydrogens (tertiary/aromatic N) is 1. The van der Waals surface area contributed by atoms with Gasteiger partial charge in [0.05, 0.1) is 17.0 Å². The predicted octanol–water partition coefficient (Wildman–Crippen LogP) is 5.42. The number of benzene rings is 2. The van der Waals surface area contributed by atoms with Crippen molar-refractivity contribution in [3.05, 3.63) is 58.9 Å². The van der Waals surface area contributed by atoms with Crippen LogP contribution in [0.4, 0.5) is 15.8 Å². The van der Waals surface area contributed by atoms with E-state index in [1.807, 2.05) is 12.1 Å². The first kappa shape index (κ1) is 22.7. The van der Waals surface area contributed by atoms with Crippen LogP contribution in [0.5, 0.6) is 0 Å². The van der Waals surface area contributed by atoms with Crippen molar-refractivity contribution < 1.29 is 17.6 Å². The molecule has 4 bridgehead atoms. The lowest BCUT2D eigenvalue weighted by Gasteiger charge is -2.54. The Morgan fingerprint density at radius 3 is 2.18 bits per heavy atom. The Morgan fingerprint density at radius 2 is 1.64 bits per heavy atom. The molecule has 0 saturated heterocycles. The van der Waals surface area contributed by atoms with Crippen molar-refractivity contribution in [3.63, 3.8) is 0 Å². The van der Waals surface area contributed by atoms with Crippen LogP contribution in [0.15, 0.2) is 42.5 Å². The lowest BCUT2D eigenvalue weighted by atomic mass is 9.51. The number of amides is 1. The number of hydrogen-bond acceptors (Lipinski definition) is 3. The molecule has 0 atom stereocenters. The first-order valence-corrected chi connectivity index (χ1v) is 13.7. The average Bonchev–Trinajstić information content (AvgIpc) is 2.74. The fourth-order valence-electron chi connectivity index (χ4n) is 6.63. The molecule has 0 heterocycles. The van der Waals surface area contributed by atoms with Crippen LogP contribution in [-0.4, -0.2) is 27.1 Å². The quantitative estimate of drug-likeness (QED) is 0.587. The highest BCUT2D eigenvalue weighted by Gasteiger charge is 2.48. The molecule has 4 fully saturated rings. The molecule has 4 saturated carbocycles. The second-order valence-corrected chi connectivity index (χ2v) is 12.3. The zero-order chi connectivity index (χ0) is 23.3. The second-order valence-electron chi connectivity index (χ2n) is 9.99. The van der Waals surface area contributed by atoms with Gasteiger partial charge in [-0.25, -0.2) is 12.8 Å². The molecule has 4 aliphatic rings. The van der Waals surface area contributed by atoms with Crippen LogP contribution in [0.3, 0.4) is 0 Å². The van der Waals surface area contributed by atoms with Crippen molar-refractivity contribution >= 4 is 38.9 Å². The number of sulfonamides is 1. The Bertz CT molecular complexity index is 1140.